The zero-order valence-corrected chi connectivity index (χ0v) is 15.8. The van der Waals surface area contributed by atoms with E-state index in [0.29, 0.717) is 5.11 Å². The van der Waals surface area contributed by atoms with E-state index in [1.54, 1.807) is 12.0 Å². The summed E-state index contributed by atoms with van der Waals surface area (Å²) < 4.78 is 5.55. The maximum absolute atomic E-state index is 5.55. The summed E-state index contributed by atoms with van der Waals surface area (Å²) >= 11 is 5.14. The highest BCUT2D eigenvalue weighted by Gasteiger charge is 2.17. The molecule has 0 atom stereocenters. The van der Waals surface area contributed by atoms with Gasteiger partial charge in [0.25, 0.3) is 0 Å². The monoisotopic (exact) mass is 349 g/mol. The molecule has 1 fully saturated rings. The number of thiocarbonyl (C=S) groups is 1. The molecule has 0 unspecified atom stereocenters. The second kappa shape index (κ2) is 9.59. The van der Waals surface area contributed by atoms with E-state index in [4.69, 9.17) is 17.0 Å². The van der Waals surface area contributed by atoms with Gasteiger partial charge < -0.3 is 15.0 Å². The molecule has 0 aromatic heterocycles. The zero-order valence-electron chi connectivity index (χ0n) is 14.9. The van der Waals surface area contributed by atoms with Crippen LogP contribution in [0.25, 0.3) is 0 Å². The lowest BCUT2D eigenvalue weighted by Crippen LogP contribution is -3.11. The highest BCUT2D eigenvalue weighted by molar-refractivity contribution is 7.80. The maximum atomic E-state index is 5.55. The fourth-order valence-corrected chi connectivity index (χ4v) is 3.23. The Morgan fingerprint density at radius 1 is 1.29 bits per heavy atom. The third-order valence-corrected chi connectivity index (χ3v) is 4.60. The standard InChI is InChI=1S/C18H28N4OS/c1-4-19-18(24)21-20-14(2)15-8-9-17(23-3)16(12-15)13-22-10-6-5-7-11-22/h8-9,12H,4-7,10-11,13H2,1-3H3,(H2,19,21,24)/p+1/b20-14-. The van der Waals surface area contributed by atoms with Gasteiger partial charge in [-0.1, -0.05) is 0 Å². The highest BCUT2D eigenvalue weighted by Crippen LogP contribution is 2.20. The van der Waals surface area contributed by atoms with E-state index in [1.807, 2.05) is 26.0 Å². The quantitative estimate of drug-likeness (QED) is 0.414. The van der Waals surface area contributed by atoms with Crippen molar-refractivity contribution in [2.45, 2.75) is 39.7 Å². The molecule has 132 valence electrons. The number of hydrogen-bond donors (Lipinski definition) is 3. The number of likely N-dealkylation sites (tertiary alicyclic amines) is 1. The Bertz CT molecular complexity index is 582. The Morgan fingerprint density at radius 2 is 2.04 bits per heavy atom. The summed E-state index contributed by atoms with van der Waals surface area (Å²) in [6, 6.07) is 6.28. The minimum absolute atomic E-state index is 0.545. The number of methoxy groups -OCH3 is 1. The van der Waals surface area contributed by atoms with Gasteiger partial charge in [-0.05, 0) is 69.1 Å². The second-order valence-corrected chi connectivity index (χ2v) is 6.59. The van der Waals surface area contributed by atoms with Crippen molar-refractivity contribution in [2.24, 2.45) is 5.10 Å². The van der Waals surface area contributed by atoms with Gasteiger partial charge in [-0.25, -0.2) is 0 Å². The molecular weight excluding hydrogens is 320 g/mol. The molecule has 1 aromatic carbocycles. The number of nitrogens with zero attached hydrogens (tertiary/aromatic N) is 1. The summed E-state index contributed by atoms with van der Waals surface area (Å²) in [7, 11) is 1.74. The lowest BCUT2D eigenvalue weighted by molar-refractivity contribution is -0.918. The van der Waals surface area contributed by atoms with Crippen LogP contribution in [0.2, 0.25) is 0 Å². The van der Waals surface area contributed by atoms with Gasteiger partial charge in [-0.3, -0.25) is 5.43 Å². The maximum Gasteiger partial charge on any atom is 0.186 e. The number of piperidine rings is 1. The van der Waals surface area contributed by atoms with Gasteiger partial charge in [0.2, 0.25) is 0 Å². The number of benzene rings is 1. The van der Waals surface area contributed by atoms with E-state index in [2.05, 4.69) is 21.9 Å². The lowest BCUT2D eigenvalue weighted by Gasteiger charge is -2.24. The Morgan fingerprint density at radius 3 is 2.71 bits per heavy atom. The molecular formula is C18H29N4OS+. The van der Waals surface area contributed by atoms with Crippen LogP contribution in [0.15, 0.2) is 23.3 Å². The predicted molar refractivity (Wildman–Crippen MR) is 103 cm³/mol. The molecule has 1 aromatic rings. The highest BCUT2D eigenvalue weighted by atomic mass is 32.1. The van der Waals surface area contributed by atoms with Crippen LogP contribution < -0.4 is 20.4 Å². The second-order valence-electron chi connectivity index (χ2n) is 6.18. The zero-order chi connectivity index (χ0) is 17.4. The first-order chi connectivity index (χ1) is 11.6. The van der Waals surface area contributed by atoms with Crippen LogP contribution in [0.4, 0.5) is 0 Å². The predicted octanol–water partition coefficient (Wildman–Crippen LogP) is 1.47. The van der Waals surface area contributed by atoms with Crippen LogP contribution in [0.1, 0.15) is 44.2 Å². The first-order valence-corrected chi connectivity index (χ1v) is 9.13. The Balaban J connectivity index is 2.11. The largest absolute Gasteiger partial charge is 0.496 e. The molecule has 0 aliphatic carbocycles. The van der Waals surface area contributed by atoms with E-state index < -0.39 is 0 Å². The average Bonchev–Trinajstić information content (AvgIpc) is 2.61. The summed E-state index contributed by atoms with van der Waals surface area (Å²) in [5.41, 5.74) is 6.13. The normalized spacial score (nSPS) is 15.9. The minimum Gasteiger partial charge on any atom is -0.496 e. The van der Waals surface area contributed by atoms with Gasteiger partial charge in [0.15, 0.2) is 5.11 Å². The number of quaternary nitrogens is 1. The summed E-state index contributed by atoms with van der Waals surface area (Å²) in [4.78, 5) is 1.64. The molecule has 5 nitrogen and oxygen atoms in total. The number of hydrazone groups is 1. The number of nitrogens with one attached hydrogen (secondary N) is 3. The van der Waals surface area contributed by atoms with Gasteiger partial charge in [0.05, 0.1) is 25.9 Å². The molecule has 0 radical (unpaired) electrons. The lowest BCUT2D eigenvalue weighted by atomic mass is 10.0. The van der Waals surface area contributed by atoms with Crippen molar-refractivity contribution in [1.29, 1.82) is 0 Å². The van der Waals surface area contributed by atoms with Crippen molar-refractivity contribution < 1.29 is 9.64 Å². The molecule has 0 bridgehead atoms. The first kappa shape index (κ1) is 18.7. The number of ether oxygens (including phenoxy) is 1. The molecule has 2 rings (SSSR count). The van der Waals surface area contributed by atoms with Crippen molar-refractivity contribution in [3.8, 4) is 5.75 Å². The SMILES string of the molecule is CCNC(=S)N/N=C(/C)c1ccc(OC)c(C[NH+]2CCCCC2)c1. The molecule has 1 saturated heterocycles. The summed E-state index contributed by atoms with van der Waals surface area (Å²) in [5, 5.41) is 7.94. The summed E-state index contributed by atoms with van der Waals surface area (Å²) in [6.07, 6.45) is 4.01. The molecule has 0 spiro atoms. The molecule has 0 saturated carbocycles. The van der Waals surface area contributed by atoms with E-state index in [9.17, 15) is 0 Å². The van der Waals surface area contributed by atoms with Gasteiger partial charge in [0.1, 0.15) is 12.3 Å². The molecule has 3 N–H and O–H groups in total. The molecule has 0 amide bonds. The van der Waals surface area contributed by atoms with E-state index in [1.165, 1.54) is 37.9 Å². The van der Waals surface area contributed by atoms with Crippen molar-refractivity contribution in [2.75, 3.05) is 26.7 Å². The molecule has 1 aliphatic rings. The van der Waals surface area contributed by atoms with Crippen molar-refractivity contribution in [1.82, 2.24) is 10.7 Å². The molecule has 1 heterocycles. The number of rotatable bonds is 6. The first-order valence-electron chi connectivity index (χ1n) is 8.73. The summed E-state index contributed by atoms with van der Waals surface area (Å²) in [6.45, 7) is 8.28. The molecule has 1 aliphatic heterocycles. The minimum atomic E-state index is 0.545. The fraction of sp³-hybridized carbons (Fsp3) is 0.556. The molecule has 6 heteroatoms. The third kappa shape index (κ3) is 5.46. The van der Waals surface area contributed by atoms with Crippen LogP contribution in [-0.2, 0) is 6.54 Å². The van der Waals surface area contributed by atoms with Gasteiger partial charge in [-0.2, -0.15) is 5.10 Å². The van der Waals surface area contributed by atoms with Crippen LogP contribution in [-0.4, -0.2) is 37.6 Å². The van der Waals surface area contributed by atoms with Crippen LogP contribution in [0.5, 0.6) is 5.75 Å². The van der Waals surface area contributed by atoms with Crippen molar-refractivity contribution in [3.05, 3.63) is 29.3 Å². The third-order valence-electron chi connectivity index (χ3n) is 4.36. The van der Waals surface area contributed by atoms with Crippen LogP contribution in [0, 0.1) is 0 Å². The fourth-order valence-electron chi connectivity index (χ4n) is 3.04. The van der Waals surface area contributed by atoms with Gasteiger partial charge in [-0.15, -0.1) is 0 Å². The Labute approximate surface area is 150 Å². The Kier molecular flexibility index (Phi) is 7.46. The van der Waals surface area contributed by atoms with E-state index in [0.717, 1.165) is 30.1 Å². The average molecular weight is 350 g/mol. The number of hydrogen-bond acceptors (Lipinski definition) is 3. The Hall–Kier alpha value is -1.66. The van der Waals surface area contributed by atoms with Crippen LogP contribution in [0.3, 0.4) is 0 Å². The van der Waals surface area contributed by atoms with Gasteiger partial charge >= 0.3 is 0 Å². The van der Waals surface area contributed by atoms with E-state index >= 15 is 0 Å². The smallest absolute Gasteiger partial charge is 0.186 e. The van der Waals surface area contributed by atoms with Crippen molar-refractivity contribution >= 4 is 23.0 Å². The van der Waals surface area contributed by atoms with E-state index in [-0.39, 0.29) is 0 Å². The van der Waals surface area contributed by atoms with Crippen molar-refractivity contribution in [3.63, 3.8) is 0 Å². The van der Waals surface area contributed by atoms with Crippen LogP contribution >= 0.6 is 12.2 Å². The summed E-state index contributed by atoms with van der Waals surface area (Å²) in [5.74, 6) is 0.959. The molecule has 24 heavy (non-hydrogen) atoms. The van der Waals surface area contributed by atoms with Gasteiger partial charge in [0, 0.05) is 12.1 Å². The topological polar surface area (TPSA) is 50.1 Å².